The Labute approximate surface area is 164 Å². The van der Waals surface area contributed by atoms with Crippen molar-refractivity contribution in [3.8, 4) is 5.75 Å². The minimum Gasteiger partial charge on any atom is -0.489 e. The SMILES string of the molecule is CCCCc1nc2cc(C(=O)N3CCC(Oc4cccnc4)CC3)ccc2o1. The molecule has 0 spiro atoms. The van der Waals surface area contributed by atoms with Crippen molar-refractivity contribution >= 4 is 17.0 Å². The normalized spacial score (nSPS) is 15.1. The van der Waals surface area contributed by atoms with Crippen LogP contribution in [0.3, 0.4) is 0 Å². The second-order valence-electron chi connectivity index (χ2n) is 7.19. The van der Waals surface area contributed by atoms with Gasteiger partial charge in [0.1, 0.15) is 17.4 Å². The van der Waals surface area contributed by atoms with Gasteiger partial charge in [-0.05, 0) is 36.8 Å². The number of fused-ring (bicyclic) bond motifs is 1. The molecule has 1 saturated heterocycles. The number of aryl methyl sites for hydroxylation is 1. The van der Waals surface area contributed by atoms with E-state index in [4.69, 9.17) is 9.15 Å². The predicted molar refractivity (Wildman–Crippen MR) is 106 cm³/mol. The quantitative estimate of drug-likeness (QED) is 0.640. The highest BCUT2D eigenvalue weighted by molar-refractivity contribution is 5.97. The van der Waals surface area contributed by atoms with Crippen LogP contribution in [0.15, 0.2) is 47.1 Å². The Morgan fingerprint density at radius 1 is 1.29 bits per heavy atom. The number of oxazole rings is 1. The number of ether oxygens (including phenoxy) is 1. The zero-order chi connectivity index (χ0) is 19.3. The minimum absolute atomic E-state index is 0.0415. The fraction of sp³-hybridized carbons (Fsp3) is 0.409. The van der Waals surface area contributed by atoms with Gasteiger partial charge in [-0.1, -0.05) is 13.3 Å². The Kier molecular flexibility index (Phi) is 5.55. The number of amides is 1. The second-order valence-corrected chi connectivity index (χ2v) is 7.19. The highest BCUT2D eigenvalue weighted by Crippen LogP contribution is 2.22. The number of rotatable bonds is 6. The predicted octanol–water partition coefficient (Wildman–Crippen LogP) is 4.25. The maximum absolute atomic E-state index is 12.9. The molecule has 146 valence electrons. The average Bonchev–Trinajstić information content (AvgIpc) is 3.15. The molecule has 0 radical (unpaired) electrons. The molecule has 0 bridgehead atoms. The van der Waals surface area contributed by atoms with E-state index in [0.29, 0.717) is 18.7 Å². The van der Waals surface area contributed by atoms with Gasteiger partial charge in [-0.25, -0.2) is 4.98 Å². The van der Waals surface area contributed by atoms with Crippen LogP contribution < -0.4 is 4.74 Å². The standard InChI is InChI=1S/C22H25N3O3/c1-2-3-6-21-24-19-14-16(7-8-20(19)28-21)22(26)25-12-9-17(10-13-25)27-18-5-4-11-23-15-18/h4-5,7-8,11,14-15,17H,2-3,6,9-10,12-13H2,1H3. The molecular weight excluding hydrogens is 354 g/mol. The first-order chi connectivity index (χ1) is 13.7. The summed E-state index contributed by atoms with van der Waals surface area (Å²) >= 11 is 0. The van der Waals surface area contributed by atoms with Gasteiger partial charge in [0, 0.05) is 44.1 Å². The molecule has 1 fully saturated rings. The van der Waals surface area contributed by atoms with Gasteiger partial charge in [0.2, 0.25) is 0 Å². The molecule has 1 aliphatic rings. The number of pyridine rings is 1. The van der Waals surface area contributed by atoms with E-state index in [1.807, 2.05) is 35.2 Å². The van der Waals surface area contributed by atoms with E-state index in [0.717, 1.165) is 54.8 Å². The average molecular weight is 379 g/mol. The number of carbonyl (C=O) groups excluding carboxylic acids is 1. The number of hydrogen-bond acceptors (Lipinski definition) is 5. The van der Waals surface area contributed by atoms with Crippen LogP contribution in [-0.2, 0) is 6.42 Å². The van der Waals surface area contributed by atoms with Crippen LogP contribution in [0.1, 0.15) is 48.9 Å². The largest absolute Gasteiger partial charge is 0.489 e. The first-order valence-electron chi connectivity index (χ1n) is 9.98. The fourth-order valence-electron chi connectivity index (χ4n) is 3.51. The van der Waals surface area contributed by atoms with Crippen molar-refractivity contribution in [2.24, 2.45) is 0 Å². The summed E-state index contributed by atoms with van der Waals surface area (Å²) in [5.41, 5.74) is 2.16. The van der Waals surface area contributed by atoms with Crippen molar-refractivity contribution in [3.05, 3.63) is 54.2 Å². The summed E-state index contributed by atoms with van der Waals surface area (Å²) in [4.78, 5) is 23.4. The van der Waals surface area contributed by atoms with E-state index in [1.54, 1.807) is 12.4 Å². The van der Waals surface area contributed by atoms with Crippen molar-refractivity contribution in [1.82, 2.24) is 14.9 Å². The van der Waals surface area contributed by atoms with E-state index in [1.165, 1.54) is 0 Å². The second kappa shape index (κ2) is 8.42. The molecule has 3 heterocycles. The molecule has 6 nitrogen and oxygen atoms in total. The van der Waals surface area contributed by atoms with Gasteiger partial charge >= 0.3 is 0 Å². The van der Waals surface area contributed by atoms with Crippen molar-refractivity contribution in [1.29, 1.82) is 0 Å². The Hall–Kier alpha value is -2.89. The van der Waals surface area contributed by atoms with Crippen molar-refractivity contribution in [2.45, 2.75) is 45.1 Å². The van der Waals surface area contributed by atoms with Gasteiger partial charge in [-0.15, -0.1) is 0 Å². The van der Waals surface area contributed by atoms with Crippen molar-refractivity contribution in [3.63, 3.8) is 0 Å². The van der Waals surface area contributed by atoms with Gasteiger partial charge in [0.25, 0.3) is 5.91 Å². The van der Waals surface area contributed by atoms with Gasteiger partial charge in [-0.3, -0.25) is 9.78 Å². The topological polar surface area (TPSA) is 68.5 Å². The monoisotopic (exact) mass is 379 g/mol. The number of hydrogen-bond donors (Lipinski definition) is 0. The first kappa shape index (κ1) is 18.5. The summed E-state index contributed by atoms with van der Waals surface area (Å²) in [5.74, 6) is 1.57. The molecule has 0 aliphatic carbocycles. The Morgan fingerprint density at radius 2 is 2.14 bits per heavy atom. The molecule has 3 aromatic rings. The number of carbonyl (C=O) groups is 1. The number of likely N-dealkylation sites (tertiary alicyclic amines) is 1. The zero-order valence-electron chi connectivity index (χ0n) is 16.1. The van der Waals surface area contributed by atoms with E-state index in [9.17, 15) is 4.79 Å². The number of aromatic nitrogens is 2. The molecule has 0 saturated carbocycles. The molecule has 4 rings (SSSR count). The number of benzene rings is 1. The molecule has 0 atom stereocenters. The lowest BCUT2D eigenvalue weighted by Crippen LogP contribution is -2.41. The van der Waals surface area contributed by atoms with E-state index >= 15 is 0 Å². The van der Waals surface area contributed by atoms with E-state index in [-0.39, 0.29) is 12.0 Å². The molecule has 6 heteroatoms. The van der Waals surface area contributed by atoms with Crippen molar-refractivity contribution < 1.29 is 13.9 Å². The van der Waals surface area contributed by atoms with Crippen LogP contribution in [0.2, 0.25) is 0 Å². The summed E-state index contributed by atoms with van der Waals surface area (Å²) in [7, 11) is 0. The maximum atomic E-state index is 12.9. The van der Waals surface area contributed by atoms with Gasteiger partial charge in [0.15, 0.2) is 11.5 Å². The first-order valence-corrected chi connectivity index (χ1v) is 9.98. The van der Waals surface area contributed by atoms with Crippen LogP contribution >= 0.6 is 0 Å². The number of unbranched alkanes of at least 4 members (excludes halogenated alkanes) is 1. The van der Waals surface area contributed by atoms with Crippen LogP contribution in [0, 0.1) is 0 Å². The van der Waals surface area contributed by atoms with Crippen LogP contribution in [0.5, 0.6) is 5.75 Å². The van der Waals surface area contributed by atoms with Crippen LogP contribution in [-0.4, -0.2) is 40.0 Å². The third-order valence-electron chi connectivity index (χ3n) is 5.09. The van der Waals surface area contributed by atoms with E-state index < -0.39 is 0 Å². The van der Waals surface area contributed by atoms with Crippen molar-refractivity contribution in [2.75, 3.05) is 13.1 Å². The highest BCUT2D eigenvalue weighted by Gasteiger charge is 2.25. The lowest BCUT2D eigenvalue weighted by atomic mass is 10.1. The van der Waals surface area contributed by atoms with Crippen LogP contribution in [0.25, 0.3) is 11.1 Å². The molecular formula is C22H25N3O3. The van der Waals surface area contributed by atoms with Gasteiger partial charge < -0.3 is 14.1 Å². The minimum atomic E-state index is 0.0415. The highest BCUT2D eigenvalue weighted by atomic mass is 16.5. The molecule has 0 N–H and O–H groups in total. The molecule has 1 amide bonds. The Bertz CT molecular complexity index is 931. The molecule has 2 aromatic heterocycles. The molecule has 28 heavy (non-hydrogen) atoms. The lowest BCUT2D eigenvalue weighted by Gasteiger charge is -2.32. The smallest absolute Gasteiger partial charge is 0.253 e. The number of piperidine rings is 1. The van der Waals surface area contributed by atoms with Crippen LogP contribution in [0.4, 0.5) is 0 Å². The van der Waals surface area contributed by atoms with Gasteiger partial charge in [-0.2, -0.15) is 0 Å². The molecule has 1 aromatic carbocycles. The Balaban J connectivity index is 1.38. The van der Waals surface area contributed by atoms with E-state index in [2.05, 4.69) is 16.9 Å². The maximum Gasteiger partial charge on any atom is 0.253 e. The summed E-state index contributed by atoms with van der Waals surface area (Å²) < 4.78 is 11.7. The number of nitrogens with zero attached hydrogens (tertiary/aromatic N) is 3. The fourth-order valence-corrected chi connectivity index (χ4v) is 3.51. The summed E-state index contributed by atoms with van der Waals surface area (Å²) in [6.07, 6.45) is 8.18. The third kappa shape index (κ3) is 4.16. The Morgan fingerprint density at radius 3 is 2.89 bits per heavy atom. The molecule has 0 unspecified atom stereocenters. The zero-order valence-corrected chi connectivity index (χ0v) is 16.1. The summed E-state index contributed by atoms with van der Waals surface area (Å²) in [6.45, 7) is 3.51. The molecule has 1 aliphatic heterocycles. The summed E-state index contributed by atoms with van der Waals surface area (Å²) in [5, 5.41) is 0. The summed E-state index contributed by atoms with van der Waals surface area (Å²) in [6, 6.07) is 9.30. The van der Waals surface area contributed by atoms with Gasteiger partial charge in [0.05, 0.1) is 6.20 Å². The lowest BCUT2D eigenvalue weighted by molar-refractivity contribution is 0.0595. The third-order valence-corrected chi connectivity index (χ3v) is 5.09.